The van der Waals surface area contributed by atoms with E-state index in [1.54, 1.807) is 0 Å². The topological polar surface area (TPSA) is 41.6 Å². The zero-order valence-electron chi connectivity index (χ0n) is 12.5. The van der Waals surface area contributed by atoms with Crippen LogP contribution in [0.5, 0.6) is 5.75 Å². The molecule has 1 N–H and O–H groups in total. The number of ether oxygens (including phenoxy) is 1. The molecule has 114 valence electrons. The first-order valence-electron chi connectivity index (χ1n) is 8.02. The first-order chi connectivity index (χ1) is 10.3. The number of hydrogen-bond donors (Lipinski definition) is 1. The van der Waals surface area contributed by atoms with Gasteiger partial charge in [0.1, 0.15) is 5.75 Å². The molecule has 3 rings (SSSR count). The average molecular weight is 288 g/mol. The van der Waals surface area contributed by atoms with Crippen LogP contribution in [0.25, 0.3) is 0 Å². The number of rotatable bonds is 5. The quantitative estimate of drug-likeness (QED) is 0.843. The minimum Gasteiger partial charge on any atom is -0.494 e. The normalized spacial score (nSPS) is 26.0. The monoisotopic (exact) mass is 288 g/mol. The fourth-order valence-corrected chi connectivity index (χ4v) is 3.32. The van der Waals surface area contributed by atoms with Gasteiger partial charge in [0.15, 0.2) is 0 Å². The zero-order valence-corrected chi connectivity index (χ0v) is 12.5. The van der Waals surface area contributed by atoms with Crippen molar-refractivity contribution in [1.82, 2.24) is 10.2 Å². The summed E-state index contributed by atoms with van der Waals surface area (Å²) in [4.78, 5) is 14.4. The Hall–Kier alpha value is -1.55. The van der Waals surface area contributed by atoms with Crippen molar-refractivity contribution in [2.75, 3.05) is 26.2 Å². The van der Waals surface area contributed by atoms with E-state index in [1.807, 2.05) is 30.3 Å². The van der Waals surface area contributed by atoms with E-state index >= 15 is 0 Å². The molecule has 0 aromatic heterocycles. The number of likely N-dealkylation sites (tertiary alicyclic amines) is 1. The second kappa shape index (κ2) is 6.94. The largest absolute Gasteiger partial charge is 0.494 e. The lowest BCUT2D eigenvalue weighted by Gasteiger charge is -2.27. The van der Waals surface area contributed by atoms with Crippen LogP contribution in [0.4, 0.5) is 0 Å². The number of fused-ring (bicyclic) bond motifs is 3. The van der Waals surface area contributed by atoms with E-state index in [2.05, 4.69) is 10.2 Å². The Morgan fingerprint density at radius 1 is 1.19 bits per heavy atom. The highest BCUT2D eigenvalue weighted by molar-refractivity contribution is 5.79. The second-order valence-corrected chi connectivity index (χ2v) is 6.11. The van der Waals surface area contributed by atoms with Crippen LogP contribution in [0.3, 0.4) is 0 Å². The van der Waals surface area contributed by atoms with E-state index in [0.717, 1.165) is 51.3 Å². The summed E-state index contributed by atoms with van der Waals surface area (Å²) >= 11 is 0. The summed E-state index contributed by atoms with van der Waals surface area (Å²) in [5.74, 6) is 1.38. The SMILES string of the molecule is O=C1N[C@H]2CCC[C@@H]1CN(CCCOc1ccccc1)C2. The van der Waals surface area contributed by atoms with Crippen molar-refractivity contribution in [2.24, 2.45) is 5.92 Å². The summed E-state index contributed by atoms with van der Waals surface area (Å²) in [7, 11) is 0. The number of carbonyl (C=O) groups is 1. The maximum absolute atomic E-state index is 12.0. The van der Waals surface area contributed by atoms with Gasteiger partial charge in [0.25, 0.3) is 0 Å². The molecule has 1 aromatic rings. The lowest BCUT2D eigenvalue weighted by atomic mass is 9.99. The Bertz CT molecular complexity index is 463. The standard InChI is InChI=1S/C17H24N2O2/c20-17-14-6-4-7-15(18-17)13-19(12-14)10-5-11-21-16-8-2-1-3-9-16/h1-3,8-9,14-15H,4-7,10-13H2,(H,18,20)/t14-,15+/m1/s1. The molecule has 2 aliphatic heterocycles. The molecule has 2 atom stereocenters. The number of hydrogen-bond acceptors (Lipinski definition) is 3. The molecule has 21 heavy (non-hydrogen) atoms. The molecule has 2 saturated heterocycles. The van der Waals surface area contributed by atoms with Crippen molar-refractivity contribution < 1.29 is 9.53 Å². The molecule has 0 radical (unpaired) electrons. The molecule has 4 heteroatoms. The lowest BCUT2D eigenvalue weighted by Crippen LogP contribution is -2.39. The molecule has 1 amide bonds. The van der Waals surface area contributed by atoms with Gasteiger partial charge in [0, 0.05) is 25.7 Å². The minimum atomic E-state index is 0.188. The van der Waals surface area contributed by atoms with Crippen molar-refractivity contribution in [1.29, 1.82) is 0 Å². The van der Waals surface area contributed by atoms with Crippen molar-refractivity contribution >= 4 is 5.91 Å². The third-order valence-corrected chi connectivity index (χ3v) is 4.41. The Labute approximate surface area is 126 Å². The van der Waals surface area contributed by atoms with Crippen LogP contribution in [0.1, 0.15) is 25.7 Å². The number of benzene rings is 1. The number of amides is 1. The first-order valence-corrected chi connectivity index (χ1v) is 8.02. The summed E-state index contributed by atoms with van der Waals surface area (Å²) < 4.78 is 5.73. The molecular weight excluding hydrogens is 264 g/mol. The zero-order chi connectivity index (χ0) is 14.5. The van der Waals surface area contributed by atoms with Crippen LogP contribution in [0.15, 0.2) is 30.3 Å². The minimum absolute atomic E-state index is 0.188. The van der Waals surface area contributed by atoms with Gasteiger partial charge < -0.3 is 15.0 Å². The van der Waals surface area contributed by atoms with Gasteiger partial charge in [-0.1, -0.05) is 24.6 Å². The van der Waals surface area contributed by atoms with Gasteiger partial charge in [-0.25, -0.2) is 0 Å². The second-order valence-electron chi connectivity index (χ2n) is 6.11. The summed E-state index contributed by atoms with van der Waals surface area (Å²) in [6, 6.07) is 10.3. The predicted molar refractivity (Wildman–Crippen MR) is 82.3 cm³/mol. The Balaban J connectivity index is 1.44. The molecule has 0 spiro atoms. The summed E-state index contributed by atoms with van der Waals surface area (Å²) in [6.45, 7) is 3.65. The van der Waals surface area contributed by atoms with Gasteiger partial charge in [-0.3, -0.25) is 4.79 Å². The third kappa shape index (κ3) is 3.97. The molecule has 0 unspecified atom stereocenters. The molecule has 0 saturated carbocycles. The summed E-state index contributed by atoms with van der Waals surface area (Å²) in [6.07, 6.45) is 4.35. The number of para-hydroxylation sites is 1. The van der Waals surface area contributed by atoms with E-state index in [9.17, 15) is 4.79 Å². The van der Waals surface area contributed by atoms with Crippen LogP contribution >= 0.6 is 0 Å². The first kappa shape index (κ1) is 14.4. The van der Waals surface area contributed by atoms with Crippen LogP contribution in [-0.2, 0) is 4.79 Å². The Morgan fingerprint density at radius 3 is 2.90 bits per heavy atom. The summed E-state index contributed by atoms with van der Waals surface area (Å²) in [5.41, 5.74) is 0. The van der Waals surface area contributed by atoms with Crippen molar-refractivity contribution in [3.8, 4) is 5.75 Å². The van der Waals surface area contributed by atoms with E-state index < -0.39 is 0 Å². The molecule has 4 nitrogen and oxygen atoms in total. The van der Waals surface area contributed by atoms with Crippen molar-refractivity contribution in [3.05, 3.63) is 30.3 Å². The fourth-order valence-electron chi connectivity index (χ4n) is 3.32. The number of nitrogens with zero attached hydrogens (tertiary/aromatic N) is 1. The predicted octanol–water partition coefficient (Wildman–Crippen LogP) is 2.06. The highest BCUT2D eigenvalue weighted by atomic mass is 16.5. The highest BCUT2D eigenvalue weighted by Crippen LogP contribution is 2.21. The van der Waals surface area contributed by atoms with Gasteiger partial charge in [0.2, 0.25) is 5.91 Å². The van der Waals surface area contributed by atoms with E-state index in [4.69, 9.17) is 4.74 Å². The van der Waals surface area contributed by atoms with Crippen LogP contribution in [-0.4, -0.2) is 43.1 Å². The number of nitrogens with one attached hydrogen (secondary N) is 1. The Kier molecular flexibility index (Phi) is 4.76. The molecule has 1 aromatic carbocycles. The van der Waals surface area contributed by atoms with Gasteiger partial charge in [-0.05, 0) is 31.4 Å². The average Bonchev–Trinajstić information content (AvgIpc) is 2.73. The van der Waals surface area contributed by atoms with Crippen molar-refractivity contribution in [2.45, 2.75) is 31.7 Å². The van der Waals surface area contributed by atoms with Crippen molar-refractivity contribution in [3.63, 3.8) is 0 Å². The number of carbonyl (C=O) groups excluding carboxylic acids is 1. The smallest absolute Gasteiger partial charge is 0.224 e. The van der Waals surface area contributed by atoms with Gasteiger partial charge >= 0.3 is 0 Å². The van der Waals surface area contributed by atoms with Gasteiger partial charge in [-0.2, -0.15) is 0 Å². The third-order valence-electron chi connectivity index (χ3n) is 4.41. The van der Waals surface area contributed by atoms with Gasteiger partial charge in [0.05, 0.1) is 12.5 Å². The van der Waals surface area contributed by atoms with Crippen LogP contribution < -0.4 is 10.1 Å². The maximum Gasteiger partial charge on any atom is 0.224 e. The van der Waals surface area contributed by atoms with Gasteiger partial charge in [-0.15, -0.1) is 0 Å². The maximum atomic E-state index is 12.0. The molecular formula is C17H24N2O2. The highest BCUT2D eigenvalue weighted by Gasteiger charge is 2.31. The van der Waals surface area contributed by atoms with E-state index in [0.29, 0.717) is 6.04 Å². The van der Waals surface area contributed by atoms with E-state index in [1.165, 1.54) is 6.42 Å². The summed E-state index contributed by atoms with van der Waals surface area (Å²) in [5, 5.41) is 3.18. The van der Waals surface area contributed by atoms with Crippen LogP contribution in [0, 0.1) is 5.92 Å². The molecule has 2 aliphatic rings. The molecule has 2 heterocycles. The lowest BCUT2D eigenvalue weighted by molar-refractivity contribution is -0.124. The van der Waals surface area contributed by atoms with Crippen LogP contribution in [0.2, 0.25) is 0 Å². The molecule has 2 fully saturated rings. The molecule has 0 aliphatic carbocycles. The Morgan fingerprint density at radius 2 is 2.05 bits per heavy atom. The molecule has 2 bridgehead atoms. The fraction of sp³-hybridized carbons (Fsp3) is 0.588. The van der Waals surface area contributed by atoms with E-state index in [-0.39, 0.29) is 11.8 Å².